The molecule has 6 nitrogen and oxygen atoms in total. The minimum atomic E-state index is -0.973. The lowest BCUT2D eigenvalue weighted by Gasteiger charge is -2.26. The predicted molar refractivity (Wildman–Crippen MR) is 66.5 cm³/mol. The van der Waals surface area contributed by atoms with E-state index in [-0.39, 0.29) is 12.3 Å². The summed E-state index contributed by atoms with van der Waals surface area (Å²) in [6.07, 6.45) is -0.777. The molecular weight excluding hydrogens is 238 g/mol. The largest absolute Gasteiger partial charge is 0.481 e. The molecule has 0 saturated heterocycles. The van der Waals surface area contributed by atoms with Gasteiger partial charge in [-0.2, -0.15) is 0 Å². The molecule has 0 aromatic rings. The Balaban J connectivity index is 4.48. The van der Waals surface area contributed by atoms with Crippen LogP contribution in [0, 0.1) is 5.92 Å². The number of hydrogen-bond acceptors (Lipinski definition) is 4. The first kappa shape index (κ1) is 16.7. The zero-order valence-corrected chi connectivity index (χ0v) is 11.6. The van der Waals surface area contributed by atoms with Gasteiger partial charge in [-0.3, -0.25) is 4.79 Å². The molecule has 2 atom stereocenters. The van der Waals surface area contributed by atoms with E-state index in [1.807, 2.05) is 6.92 Å². The maximum Gasteiger partial charge on any atom is 0.407 e. The molecule has 2 N–H and O–H groups in total. The normalized spacial score (nSPS) is 14.7. The molecule has 0 aliphatic rings. The lowest BCUT2D eigenvalue weighted by Crippen LogP contribution is -2.44. The molecule has 0 aromatic carbocycles. The van der Waals surface area contributed by atoms with Gasteiger partial charge in [0.2, 0.25) is 0 Å². The Kier molecular flexibility index (Phi) is 6.68. The van der Waals surface area contributed by atoms with Crippen LogP contribution in [-0.2, 0) is 14.3 Å². The van der Waals surface area contributed by atoms with Gasteiger partial charge in [0.05, 0.1) is 13.0 Å². The van der Waals surface area contributed by atoms with Gasteiger partial charge in [-0.25, -0.2) is 4.79 Å². The van der Waals surface area contributed by atoms with E-state index in [9.17, 15) is 9.59 Å². The molecular formula is C12H23NO5. The SMILES string of the molecule is COCC(C)[C@@H](CC(=O)O)NC(=O)OC(C)(C)C. The third-order valence-electron chi connectivity index (χ3n) is 2.21. The van der Waals surface area contributed by atoms with Crippen molar-refractivity contribution in [3.05, 3.63) is 0 Å². The van der Waals surface area contributed by atoms with Gasteiger partial charge in [0.25, 0.3) is 0 Å². The number of carbonyl (C=O) groups is 2. The van der Waals surface area contributed by atoms with Crippen molar-refractivity contribution in [2.45, 2.75) is 45.8 Å². The van der Waals surface area contributed by atoms with Crippen molar-refractivity contribution in [2.75, 3.05) is 13.7 Å². The Bertz CT molecular complexity index is 285. The second-order valence-electron chi connectivity index (χ2n) is 5.28. The number of amides is 1. The Morgan fingerprint density at radius 1 is 1.33 bits per heavy atom. The van der Waals surface area contributed by atoms with Gasteiger partial charge in [-0.05, 0) is 20.8 Å². The van der Waals surface area contributed by atoms with Crippen molar-refractivity contribution in [1.29, 1.82) is 0 Å². The summed E-state index contributed by atoms with van der Waals surface area (Å²) >= 11 is 0. The van der Waals surface area contributed by atoms with E-state index >= 15 is 0 Å². The van der Waals surface area contributed by atoms with Gasteiger partial charge in [0.15, 0.2) is 0 Å². The Morgan fingerprint density at radius 2 is 1.89 bits per heavy atom. The highest BCUT2D eigenvalue weighted by molar-refractivity contribution is 5.71. The number of nitrogens with one attached hydrogen (secondary N) is 1. The monoisotopic (exact) mass is 261 g/mol. The lowest BCUT2D eigenvalue weighted by molar-refractivity contribution is -0.137. The van der Waals surface area contributed by atoms with E-state index in [4.69, 9.17) is 14.6 Å². The molecule has 0 saturated carbocycles. The number of carboxylic acids is 1. The summed E-state index contributed by atoms with van der Waals surface area (Å²) < 4.78 is 10.1. The summed E-state index contributed by atoms with van der Waals surface area (Å²) in [4.78, 5) is 22.3. The second kappa shape index (κ2) is 7.20. The summed E-state index contributed by atoms with van der Waals surface area (Å²) in [6, 6.07) is -0.516. The van der Waals surface area contributed by atoms with Gasteiger partial charge in [0.1, 0.15) is 5.60 Å². The average Bonchev–Trinajstić information content (AvgIpc) is 2.13. The second-order valence-corrected chi connectivity index (χ2v) is 5.28. The van der Waals surface area contributed by atoms with E-state index in [1.54, 1.807) is 20.8 Å². The predicted octanol–water partition coefficient (Wildman–Crippen LogP) is 1.64. The highest BCUT2D eigenvalue weighted by Gasteiger charge is 2.25. The fraction of sp³-hybridized carbons (Fsp3) is 0.833. The minimum Gasteiger partial charge on any atom is -0.481 e. The first-order chi connectivity index (χ1) is 8.15. The smallest absolute Gasteiger partial charge is 0.407 e. The van der Waals surface area contributed by atoms with Crippen LogP contribution in [0.5, 0.6) is 0 Å². The van der Waals surface area contributed by atoms with Crippen LogP contribution in [0.2, 0.25) is 0 Å². The molecule has 1 amide bonds. The molecule has 0 rings (SSSR count). The zero-order valence-electron chi connectivity index (χ0n) is 11.6. The van der Waals surface area contributed by atoms with Crippen molar-refractivity contribution in [3.8, 4) is 0 Å². The maximum atomic E-state index is 11.6. The number of methoxy groups -OCH3 is 1. The van der Waals surface area contributed by atoms with Gasteiger partial charge >= 0.3 is 12.1 Å². The zero-order chi connectivity index (χ0) is 14.3. The topological polar surface area (TPSA) is 84.9 Å². The number of carboxylic acid groups (broad SMARTS) is 1. The Labute approximate surface area is 108 Å². The highest BCUT2D eigenvalue weighted by Crippen LogP contribution is 2.11. The summed E-state index contributed by atoms with van der Waals surface area (Å²) in [5, 5.41) is 11.4. The van der Waals surface area contributed by atoms with Crippen molar-refractivity contribution >= 4 is 12.1 Å². The molecule has 0 aliphatic heterocycles. The van der Waals surface area contributed by atoms with Gasteiger partial charge in [0, 0.05) is 19.1 Å². The molecule has 0 aromatic heterocycles. The molecule has 18 heavy (non-hydrogen) atoms. The van der Waals surface area contributed by atoms with Crippen molar-refractivity contribution in [2.24, 2.45) is 5.92 Å². The molecule has 0 radical (unpaired) electrons. The van der Waals surface area contributed by atoms with Crippen LogP contribution in [0.25, 0.3) is 0 Å². The van der Waals surface area contributed by atoms with Crippen LogP contribution >= 0.6 is 0 Å². The van der Waals surface area contributed by atoms with Gasteiger partial charge < -0.3 is 19.9 Å². The Morgan fingerprint density at radius 3 is 2.28 bits per heavy atom. The first-order valence-corrected chi connectivity index (χ1v) is 5.86. The molecule has 0 bridgehead atoms. The number of carbonyl (C=O) groups excluding carboxylic acids is 1. The summed E-state index contributed by atoms with van der Waals surface area (Å²) in [7, 11) is 1.53. The molecule has 0 aliphatic carbocycles. The minimum absolute atomic E-state index is 0.112. The maximum absolute atomic E-state index is 11.6. The summed E-state index contributed by atoms with van der Waals surface area (Å²) in [5.41, 5.74) is -0.609. The molecule has 0 spiro atoms. The van der Waals surface area contributed by atoms with Crippen LogP contribution in [0.15, 0.2) is 0 Å². The molecule has 1 unspecified atom stereocenters. The standard InChI is InChI=1S/C12H23NO5/c1-8(7-17-5)9(6-10(14)15)13-11(16)18-12(2,3)4/h8-9H,6-7H2,1-5H3,(H,13,16)(H,14,15)/t8?,9-/m1/s1. The van der Waals surface area contributed by atoms with Crippen LogP contribution in [0.1, 0.15) is 34.1 Å². The quantitative estimate of drug-likeness (QED) is 0.759. The van der Waals surface area contributed by atoms with Crippen LogP contribution in [0.3, 0.4) is 0 Å². The number of alkyl carbamates (subject to hydrolysis) is 1. The van der Waals surface area contributed by atoms with Crippen LogP contribution in [-0.4, -0.2) is 42.5 Å². The first-order valence-electron chi connectivity index (χ1n) is 5.86. The van der Waals surface area contributed by atoms with Crippen molar-refractivity contribution in [1.82, 2.24) is 5.32 Å². The van der Waals surface area contributed by atoms with Crippen molar-refractivity contribution in [3.63, 3.8) is 0 Å². The van der Waals surface area contributed by atoms with Gasteiger partial charge in [-0.15, -0.1) is 0 Å². The van der Waals surface area contributed by atoms with E-state index in [0.717, 1.165) is 0 Å². The average molecular weight is 261 g/mol. The summed E-state index contributed by atoms with van der Waals surface area (Å²) in [5.74, 6) is -1.09. The number of ether oxygens (including phenoxy) is 2. The van der Waals surface area contributed by atoms with E-state index in [1.165, 1.54) is 7.11 Å². The van der Waals surface area contributed by atoms with E-state index in [2.05, 4.69) is 5.32 Å². The molecule has 0 fully saturated rings. The van der Waals surface area contributed by atoms with Crippen LogP contribution in [0.4, 0.5) is 4.79 Å². The van der Waals surface area contributed by atoms with Gasteiger partial charge in [-0.1, -0.05) is 6.92 Å². The molecule has 106 valence electrons. The molecule has 6 heteroatoms. The third-order valence-corrected chi connectivity index (χ3v) is 2.21. The fourth-order valence-electron chi connectivity index (χ4n) is 1.42. The fourth-order valence-corrected chi connectivity index (χ4v) is 1.42. The van der Waals surface area contributed by atoms with Crippen LogP contribution < -0.4 is 5.32 Å². The lowest BCUT2D eigenvalue weighted by atomic mass is 10.00. The number of aliphatic carboxylic acids is 1. The third kappa shape index (κ3) is 7.89. The highest BCUT2D eigenvalue weighted by atomic mass is 16.6. The Hall–Kier alpha value is -1.30. The van der Waals surface area contributed by atoms with E-state index < -0.39 is 23.7 Å². The van der Waals surface area contributed by atoms with Crippen molar-refractivity contribution < 1.29 is 24.2 Å². The van der Waals surface area contributed by atoms with E-state index in [0.29, 0.717) is 6.61 Å². The number of hydrogen-bond donors (Lipinski definition) is 2. The number of rotatable bonds is 6. The summed E-state index contributed by atoms with van der Waals surface area (Å²) in [6.45, 7) is 7.42. The molecule has 0 heterocycles.